The highest BCUT2D eigenvalue weighted by atomic mass is 19.4. The van der Waals surface area contributed by atoms with Crippen LogP contribution >= 0.6 is 0 Å². The van der Waals surface area contributed by atoms with Crippen LogP contribution in [0.2, 0.25) is 0 Å². The lowest BCUT2D eigenvalue weighted by molar-refractivity contribution is -0.345. The third kappa shape index (κ3) is 3.72. The quantitative estimate of drug-likeness (QED) is 0.696. The molecule has 1 aliphatic rings. The minimum atomic E-state index is -4.56. The molecule has 1 aliphatic carbocycles. The number of hydrogen-bond donors (Lipinski definition) is 0. The molecular formula is C15H18F4O. The standard InChI is InChI=1S/C15H18F4O/c1-9-7-12(16)8-10(2)14(9)11-3-5-13(6-4-11)20-15(17,18)19/h7-8,11,13H,3-6H2,1-2H3. The van der Waals surface area contributed by atoms with E-state index in [1.54, 1.807) is 0 Å². The maximum absolute atomic E-state index is 13.3. The molecule has 0 bridgehead atoms. The Morgan fingerprint density at radius 3 is 1.95 bits per heavy atom. The summed E-state index contributed by atoms with van der Waals surface area (Å²) in [4.78, 5) is 0. The van der Waals surface area contributed by atoms with Crippen molar-refractivity contribution < 1.29 is 22.3 Å². The third-order valence-corrected chi connectivity index (χ3v) is 3.94. The molecule has 0 radical (unpaired) electrons. The van der Waals surface area contributed by atoms with Crippen LogP contribution in [0.5, 0.6) is 0 Å². The van der Waals surface area contributed by atoms with Crippen LogP contribution in [0.3, 0.4) is 0 Å². The summed E-state index contributed by atoms with van der Waals surface area (Å²) in [5.74, 6) is -0.0680. The van der Waals surface area contributed by atoms with Crippen molar-refractivity contribution in [1.82, 2.24) is 0 Å². The molecule has 1 aromatic rings. The molecule has 2 rings (SSSR count). The van der Waals surface area contributed by atoms with Gasteiger partial charge in [-0.05, 0) is 74.3 Å². The molecule has 1 saturated carbocycles. The lowest BCUT2D eigenvalue weighted by atomic mass is 9.79. The van der Waals surface area contributed by atoms with Gasteiger partial charge in [-0.1, -0.05) is 0 Å². The normalized spacial score (nSPS) is 23.9. The van der Waals surface area contributed by atoms with E-state index in [-0.39, 0.29) is 11.7 Å². The van der Waals surface area contributed by atoms with E-state index in [2.05, 4.69) is 4.74 Å². The van der Waals surface area contributed by atoms with Gasteiger partial charge in [-0.3, -0.25) is 4.74 Å². The molecule has 0 aliphatic heterocycles. The molecule has 0 heterocycles. The molecule has 0 unspecified atom stereocenters. The number of ether oxygens (including phenoxy) is 1. The molecule has 0 aromatic heterocycles. The molecule has 112 valence electrons. The molecule has 0 atom stereocenters. The fraction of sp³-hybridized carbons (Fsp3) is 0.600. The Labute approximate surface area is 115 Å². The zero-order valence-electron chi connectivity index (χ0n) is 11.6. The SMILES string of the molecule is Cc1cc(F)cc(C)c1C1CCC(OC(F)(F)F)CC1. The highest BCUT2D eigenvalue weighted by Crippen LogP contribution is 2.38. The van der Waals surface area contributed by atoms with Crippen molar-refractivity contribution in [2.75, 3.05) is 0 Å². The first-order chi connectivity index (χ1) is 9.26. The molecule has 1 nitrogen and oxygen atoms in total. The Bertz CT molecular complexity index is 450. The Morgan fingerprint density at radius 2 is 1.50 bits per heavy atom. The van der Waals surface area contributed by atoms with Crippen molar-refractivity contribution in [3.05, 3.63) is 34.6 Å². The van der Waals surface area contributed by atoms with Gasteiger partial charge in [0.15, 0.2) is 0 Å². The Kier molecular flexibility index (Phi) is 4.37. The van der Waals surface area contributed by atoms with Crippen LogP contribution in [0.4, 0.5) is 17.6 Å². The highest BCUT2D eigenvalue weighted by Gasteiger charge is 2.35. The fourth-order valence-electron chi connectivity index (χ4n) is 3.22. The van der Waals surface area contributed by atoms with Gasteiger partial charge in [0.25, 0.3) is 0 Å². The summed E-state index contributed by atoms with van der Waals surface area (Å²) < 4.78 is 53.9. The minimum absolute atomic E-state index is 0.198. The van der Waals surface area contributed by atoms with Crippen molar-refractivity contribution >= 4 is 0 Å². The number of alkyl halides is 3. The van der Waals surface area contributed by atoms with Gasteiger partial charge in [0.2, 0.25) is 0 Å². The molecule has 0 saturated heterocycles. The molecule has 0 spiro atoms. The van der Waals surface area contributed by atoms with Crippen LogP contribution in [0.1, 0.15) is 48.3 Å². The van der Waals surface area contributed by atoms with E-state index in [0.717, 1.165) is 16.7 Å². The minimum Gasteiger partial charge on any atom is -0.289 e. The van der Waals surface area contributed by atoms with Crippen molar-refractivity contribution in [1.29, 1.82) is 0 Å². The summed E-state index contributed by atoms with van der Waals surface area (Å²) in [5.41, 5.74) is 2.84. The van der Waals surface area contributed by atoms with Gasteiger partial charge in [0.1, 0.15) is 5.82 Å². The average Bonchev–Trinajstić information content (AvgIpc) is 2.28. The van der Waals surface area contributed by atoms with Gasteiger partial charge in [0, 0.05) is 0 Å². The zero-order chi connectivity index (χ0) is 14.9. The van der Waals surface area contributed by atoms with Gasteiger partial charge in [-0.2, -0.15) is 0 Å². The first-order valence-electron chi connectivity index (χ1n) is 6.77. The van der Waals surface area contributed by atoms with E-state index in [1.807, 2.05) is 13.8 Å². The molecule has 5 heteroatoms. The number of halogens is 4. The van der Waals surface area contributed by atoms with Crippen LogP contribution in [0, 0.1) is 19.7 Å². The molecule has 20 heavy (non-hydrogen) atoms. The zero-order valence-corrected chi connectivity index (χ0v) is 11.6. The molecule has 0 N–H and O–H groups in total. The fourth-order valence-corrected chi connectivity index (χ4v) is 3.22. The maximum atomic E-state index is 13.3. The van der Waals surface area contributed by atoms with Crippen molar-refractivity contribution in [3.8, 4) is 0 Å². The van der Waals surface area contributed by atoms with Crippen LogP contribution in [-0.4, -0.2) is 12.5 Å². The van der Waals surface area contributed by atoms with Gasteiger partial charge in [-0.25, -0.2) is 4.39 Å². The summed E-state index contributed by atoms with van der Waals surface area (Å²) >= 11 is 0. The average molecular weight is 290 g/mol. The van der Waals surface area contributed by atoms with Gasteiger partial charge >= 0.3 is 6.36 Å². The van der Waals surface area contributed by atoms with E-state index < -0.39 is 12.5 Å². The lowest BCUT2D eigenvalue weighted by Gasteiger charge is -2.31. The Morgan fingerprint density at radius 1 is 1.00 bits per heavy atom. The molecule has 0 amide bonds. The van der Waals surface area contributed by atoms with E-state index >= 15 is 0 Å². The van der Waals surface area contributed by atoms with Crippen molar-refractivity contribution in [2.45, 2.75) is 57.9 Å². The van der Waals surface area contributed by atoms with Crippen LogP contribution in [-0.2, 0) is 4.74 Å². The van der Waals surface area contributed by atoms with Crippen molar-refractivity contribution in [2.24, 2.45) is 0 Å². The second-order valence-electron chi connectivity index (χ2n) is 5.49. The predicted octanol–water partition coefficient (Wildman–Crippen LogP) is 5.01. The summed E-state index contributed by atoms with van der Waals surface area (Å²) in [5, 5.41) is 0. The summed E-state index contributed by atoms with van der Waals surface area (Å²) in [6.07, 6.45) is -3.23. The Hall–Kier alpha value is -1.10. The predicted molar refractivity (Wildman–Crippen MR) is 68.0 cm³/mol. The topological polar surface area (TPSA) is 9.23 Å². The van der Waals surface area contributed by atoms with Gasteiger partial charge in [0.05, 0.1) is 6.10 Å². The van der Waals surface area contributed by atoms with Crippen LogP contribution in [0.25, 0.3) is 0 Å². The number of hydrogen-bond acceptors (Lipinski definition) is 1. The second kappa shape index (κ2) is 5.72. The van der Waals surface area contributed by atoms with Crippen LogP contribution < -0.4 is 0 Å². The van der Waals surface area contributed by atoms with Gasteiger partial charge < -0.3 is 0 Å². The molecule has 1 aromatic carbocycles. The van der Waals surface area contributed by atoms with E-state index in [0.29, 0.717) is 25.7 Å². The number of rotatable bonds is 2. The largest absolute Gasteiger partial charge is 0.522 e. The first-order valence-corrected chi connectivity index (χ1v) is 6.77. The summed E-state index contributed by atoms with van der Waals surface area (Å²) in [6.45, 7) is 3.70. The van der Waals surface area contributed by atoms with Crippen molar-refractivity contribution in [3.63, 3.8) is 0 Å². The molecule has 1 fully saturated rings. The van der Waals surface area contributed by atoms with E-state index in [4.69, 9.17) is 0 Å². The third-order valence-electron chi connectivity index (χ3n) is 3.94. The maximum Gasteiger partial charge on any atom is 0.522 e. The summed E-state index contributed by atoms with van der Waals surface area (Å²) in [7, 11) is 0. The monoisotopic (exact) mass is 290 g/mol. The first kappa shape index (κ1) is 15.3. The second-order valence-corrected chi connectivity index (χ2v) is 5.49. The van der Waals surface area contributed by atoms with Gasteiger partial charge in [-0.15, -0.1) is 13.2 Å². The van der Waals surface area contributed by atoms with E-state index in [1.165, 1.54) is 12.1 Å². The molecular weight excluding hydrogens is 272 g/mol. The Balaban J connectivity index is 2.04. The highest BCUT2D eigenvalue weighted by molar-refractivity contribution is 5.37. The summed E-state index contributed by atoms with van der Waals surface area (Å²) in [6, 6.07) is 2.97. The lowest BCUT2D eigenvalue weighted by Crippen LogP contribution is -2.28. The number of benzene rings is 1. The van der Waals surface area contributed by atoms with Crippen LogP contribution in [0.15, 0.2) is 12.1 Å². The smallest absolute Gasteiger partial charge is 0.289 e. The number of aryl methyl sites for hydroxylation is 2. The van der Waals surface area contributed by atoms with E-state index in [9.17, 15) is 17.6 Å².